The molecule has 0 saturated carbocycles. The number of rotatable bonds is 3. The number of anilines is 3. The van der Waals surface area contributed by atoms with Crippen LogP contribution in [0.1, 0.15) is 6.42 Å². The van der Waals surface area contributed by atoms with E-state index in [9.17, 15) is 4.79 Å². The number of urea groups is 1. The molecule has 0 unspecified atom stereocenters. The Morgan fingerprint density at radius 1 is 1.23 bits per heavy atom. The largest absolute Gasteiger partial charge is 0.467 e. The highest BCUT2D eigenvalue weighted by atomic mass is 35.5. The first kappa shape index (κ1) is 18.6. The number of nitrogens with zero attached hydrogens (tertiary/aromatic N) is 5. The van der Waals surface area contributed by atoms with Gasteiger partial charge in [-0.1, -0.05) is 23.7 Å². The highest BCUT2D eigenvalue weighted by Gasteiger charge is 2.40. The first-order valence-electron chi connectivity index (χ1n) is 9.61. The number of benzene rings is 1. The monoisotopic (exact) mass is 422 g/mol. The fourth-order valence-corrected chi connectivity index (χ4v) is 4.15. The van der Waals surface area contributed by atoms with Gasteiger partial charge < -0.3 is 9.64 Å². The van der Waals surface area contributed by atoms with E-state index in [1.807, 2.05) is 36.4 Å². The van der Waals surface area contributed by atoms with Crippen molar-refractivity contribution in [2.45, 2.75) is 12.5 Å². The van der Waals surface area contributed by atoms with Crippen molar-refractivity contribution < 1.29 is 9.53 Å². The van der Waals surface area contributed by atoms with E-state index in [2.05, 4.69) is 20.2 Å². The number of methoxy groups -OCH3 is 1. The molecule has 1 N–H and O–H groups in total. The lowest BCUT2D eigenvalue weighted by atomic mass is 10.1. The van der Waals surface area contributed by atoms with Crippen molar-refractivity contribution in [3.05, 3.63) is 53.7 Å². The molecule has 8 nitrogen and oxygen atoms in total. The van der Waals surface area contributed by atoms with Crippen molar-refractivity contribution in [1.82, 2.24) is 15.0 Å². The molecule has 2 aliphatic heterocycles. The Balaban J connectivity index is 1.52. The minimum Gasteiger partial charge on any atom is -0.467 e. The van der Waals surface area contributed by atoms with Gasteiger partial charge in [-0.05, 0) is 36.8 Å². The van der Waals surface area contributed by atoms with Crippen LogP contribution >= 0.6 is 11.6 Å². The third kappa shape index (κ3) is 3.29. The third-order valence-corrected chi connectivity index (χ3v) is 5.58. The van der Waals surface area contributed by atoms with Crippen molar-refractivity contribution in [2.75, 3.05) is 35.3 Å². The number of fused-ring (bicyclic) bond motifs is 4. The molecule has 1 aromatic carbocycles. The maximum atomic E-state index is 13.3. The van der Waals surface area contributed by atoms with Crippen LogP contribution in [0.4, 0.5) is 22.1 Å². The Kier molecular flexibility index (Phi) is 4.63. The SMILES string of the molecule is COc1nccc(NC(=O)N2c3nc(-c4cccc(Cl)c4)ccc3N3CC[C@H]2C3)n1. The van der Waals surface area contributed by atoms with Crippen LogP contribution < -0.4 is 19.9 Å². The van der Waals surface area contributed by atoms with Gasteiger partial charge >= 0.3 is 12.0 Å². The van der Waals surface area contributed by atoms with Crippen LogP contribution in [0.5, 0.6) is 6.01 Å². The maximum absolute atomic E-state index is 13.3. The summed E-state index contributed by atoms with van der Waals surface area (Å²) in [6.45, 7) is 1.67. The zero-order chi connectivity index (χ0) is 20.7. The molecule has 0 aliphatic carbocycles. The summed E-state index contributed by atoms with van der Waals surface area (Å²) in [7, 11) is 1.48. The molecule has 4 heterocycles. The zero-order valence-corrected chi connectivity index (χ0v) is 17.0. The molecule has 2 aliphatic rings. The van der Waals surface area contributed by atoms with Crippen molar-refractivity contribution in [3.63, 3.8) is 0 Å². The van der Waals surface area contributed by atoms with Crippen LogP contribution in [-0.2, 0) is 0 Å². The Hall–Kier alpha value is -3.39. The number of hydrogen-bond acceptors (Lipinski definition) is 6. The first-order valence-corrected chi connectivity index (χ1v) is 9.99. The van der Waals surface area contributed by atoms with Crippen molar-refractivity contribution >= 4 is 35.0 Å². The van der Waals surface area contributed by atoms with Gasteiger partial charge in [0.25, 0.3) is 0 Å². The van der Waals surface area contributed by atoms with Crippen LogP contribution in [-0.4, -0.2) is 47.2 Å². The smallest absolute Gasteiger partial charge is 0.329 e. The van der Waals surface area contributed by atoms with Crippen LogP contribution in [0.15, 0.2) is 48.7 Å². The molecule has 2 bridgehead atoms. The normalized spacial score (nSPS) is 16.9. The fraction of sp³-hybridized carbons (Fsp3) is 0.238. The van der Waals surface area contributed by atoms with Crippen molar-refractivity contribution in [1.29, 1.82) is 0 Å². The van der Waals surface area contributed by atoms with Gasteiger partial charge in [0.15, 0.2) is 5.82 Å². The van der Waals surface area contributed by atoms with Crippen LogP contribution in [0.3, 0.4) is 0 Å². The molecular formula is C21H19ClN6O2. The molecule has 9 heteroatoms. The minimum atomic E-state index is -0.278. The number of nitrogens with one attached hydrogen (secondary N) is 1. The standard InChI is InChI=1S/C21H19ClN6O2/c1-30-20-23-9-7-18(25-20)26-21(29)28-15-8-10-27(12-15)17-6-5-16(24-19(17)28)13-3-2-4-14(22)11-13/h2-7,9,11,15H,8,10,12H2,1H3,(H,23,25,26,29)/t15-/m0/s1. The number of carbonyl (C=O) groups excluding carboxylic acids is 1. The third-order valence-electron chi connectivity index (χ3n) is 5.34. The predicted molar refractivity (Wildman–Crippen MR) is 115 cm³/mol. The summed E-state index contributed by atoms with van der Waals surface area (Å²) in [4.78, 5) is 30.3. The topological polar surface area (TPSA) is 83.5 Å². The Morgan fingerprint density at radius 2 is 2.13 bits per heavy atom. The number of ether oxygens (including phenoxy) is 1. The summed E-state index contributed by atoms with van der Waals surface area (Å²) in [6.07, 6.45) is 2.42. The molecule has 3 aromatic rings. The lowest BCUT2D eigenvalue weighted by Gasteiger charge is -2.35. The summed E-state index contributed by atoms with van der Waals surface area (Å²) in [6, 6.07) is 13.1. The minimum absolute atomic E-state index is 0.0448. The second-order valence-electron chi connectivity index (χ2n) is 7.17. The van der Waals surface area contributed by atoms with Gasteiger partial charge in [-0.2, -0.15) is 4.98 Å². The molecule has 1 atom stereocenters. The highest BCUT2D eigenvalue weighted by molar-refractivity contribution is 6.30. The average Bonchev–Trinajstić information content (AvgIpc) is 3.18. The predicted octanol–water partition coefficient (Wildman–Crippen LogP) is 3.83. The zero-order valence-electron chi connectivity index (χ0n) is 16.2. The number of carbonyl (C=O) groups is 1. The van der Waals surface area contributed by atoms with Crippen LogP contribution in [0.25, 0.3) is 11.3 Å². The number of hydrogen-bond donors (Lipinski definition) is 1. The van der Waals surface area contributed by atoms with Crippen molar-refractivity contribution in [2.24, 2.45) is 0 Å². The summed E-state index contributed by atoms with van der Waals surface area (Å²) in [5.74, 6) is 1.01. The summed E-state index contributed by atoms with van der Waals surface area (Å²) >= 11 is 6.16. The molecular weight excluding hydrogens is 404 g/mol. The number of pyridine rings is 1. The molecule has 0 spiro atoms. The molecule has 152 valence electrons. The van der Waals surface area contributed by atoms with E-state index in [-0.39, 0.29) is 18.1 Å². The van der Waals surface area contributed by atoms with Crippen LogP contribution in [0, 0.1) is 0 Å². The number of aromatic nitrogens is 3. The lowest BCUT2D eigenvalue weighted by Crippen LogP contribution is -2.48. The number of amides is 2. The molecule has 5 rings (SSSR count). The van der Waals surface area contributed by atoms with E-state index in [0.717, 1.165) is 36.5 Å². The van der Waals surface area contributed by atoms with E-state index in [0.29, 0.717) is 16.7 Å². The van der Waals surface area contributed by atoms with Crippen molar-refractivity contribution in [3.8, 4) is 17.3 Å². The summed E-state index contributed by atoms with van der Waals surface area (Å²) < 4.78 is 5.04. The van der Waals surface area contributed by atoms with Gasteiger partial charge in [0.05, 0.1) is 24.5 Å². The maximum Gasteiger partial charge on any atom is 0.329 e. The first-order chi connectivity index (χ1) is 14.6. The second kappa shape index (κ2) is 7.46. The van der Waals surface area contributed by atoms with Gasteiger partial charge in [-0.3, -0.25) is 10.2 Å². The molecule has 2 aromatic heterocycles. The summed E-state index contributed by atoms with van der Waals surface area (Å²) in [5, 5.41) is 3.50. The van der Waals surface area contributed by atoms with E-state index >= 15 is 0 Å². The fourth-order valence-electron chi connectivity index (χ4n) is 3.96. The van der Waals surface area contributed by atoms with Gasteiger partial charge in [0.1, 0.15) is 5.82 Å². The lowest BCUT2D eigenvalue weighted by molar-refractivity contribution is 0.254. The molecule has 1 fully saturated rings. The van der Waals surface area contributed by atoms with Gasteiger partial charge in [-0.25, -0.2) is 14.8 Å². The Bertz CT molecular complexity index is 1120. The average molecular weight is 423 g/mol. The molecule has 2 amide bonds. The number of halogens is 1. The van der Waals surface area contributed by atoms with E-state index in [4.69, 9.17) is 21.3 Å². The summed E-state index contributed by atoms with van der Waals surface area (Å²) in [5.41, 5.74) is 2.62. The Morgan fingerprint density at radius 3 is 2.97 bits per heavy atom. The van der Waals surface area contributed by atoms with Gasteiger partial charge in [-0.15, -0.1) is 0 Å². The quantitative estimate of drug-likeness (QED) is 0.690. The molecule has 0 radical (unpaired) electrons. The van der Waals surface area contributed by atoms with Gasteiger partial charge in [0.2, 0.25) is 0 Å². The second-order valence-corrected chi connectivity index (χ2v) is 7.60. The molecule has 1 saturated heterocycles. The molecule has 30 heavy (non-hydrogen) atoms. The van der Waals surface area contributed by atoms with E-state index in [1.165, 1.54) is 7.11 Å². The van der Waals surface area contributed by atoms with E-state index < -0.39 is 0 Å². The van der Waals surface area contributed by atoms with E-state index in [1.54, 1.807) is 17.2 Å². The van der Waals surface area contributed by atoms with Gasteiger partial charge in [0, 0.05) is 29.9 Å². The Labute approximate surface area is 178 Å². The highest BCUT2D eigenvalue weighted by Crippen LogP contribution is 2.40. The van der Waals surface area contributed by atoms with Crippen LogP contribution in [0.2, 0.25) is 5.02 Å².